The summed E-state index contributed by atoms with van der Waals surface area (Å²) in [6.07, 6.45) is 1.27. The van der Waals surface area contributed by atoms with E-state index >= 15 is 0 Å². The SMILES string of the molecule is O=C(CSc1nc2ccccc2n1Cc1ccccc1)N/N=C\c1ccccc1[N+](=O)[O-]. The van der Waals surface area contributed by atoms with Crippen molar-refractivity contribution in [1.29, 1.82) is 0 Å². The number of carbonyl (C=O) groups is 1. The number of hydrogen-bond acceptors (Lipinski definition) is 6. The molecule has 1 aromatic heterocycles. The number of benzene rings is 3. The molecule has 0 bridgehead atoms. The second-order valence-corrected chi connectivity index (χ2v) is 7.80. The fraction of sp³-hybridized carbons (Fsp3) is 0.0870. The molecule has 1 heterocycles. The smallest absolute Gasteiger partial charge is 0.278 e. The lowest BCUT2D eigenvalue weighted by atomic mass is 10.2. The van der Waals surface area contributed by atoms with Crippen molar-refractivity contribution in [3.8, 4) is 0 Å². The van der Waals surface area contributed by atoms with Crippen LogP contribution in [0.4, 0.5) is 5.69 Å². The summed E-state index contributed by atoms with van der Waals surface area (Å²) in [5.41, 5.74) is 5.65. The van der Waals surface area contributed by atoms with E-state index in [1.165, 1.54) is 24.0 Å². The molecule has 0 atom stereocenters. The molecule has 1 N–H and O–H groups in total. The number of imidazole rings is 1. The number of nitro benzene ring substituents is 1. The van der Waals surface area contributed by atoms with Gasteiger partial charge >= 0.3 is 0 Å². The van der Waals surface area contributed by atoms with Gasteiger partial charge in [0.05, 0.1) is 40.0 Å². The summed E-state index contributed by atoms with van der Waals surface area (Å²) < 4.78 is 2.08. The number of nitrogens with one attached hydrogen (secondary N) is 1. The first kappa shape index (κ1) is 21.3. The molecule has 160 valence electrons. The van der Waals surface area contributed by atoms with Crippen molar-refractivity contribution in [2.45, 2.75) is 11.7 Å². The number of carbonyl (C=O) groups excluding carboxylic acids is 1. The van der Waals surface area contributed by atoms with E-state index in [-0.39, 0.29) is 17.3 Å². The third kappa shape index (κ3) is 5.01. The highest BCUT2D eigenvalue weighted by atomic mass is 32.2. The predicted molar refractivity (Wildman–Crippen MR) is 125 cm³/mol. The maximum absolute atomic E-state index is 12.3. The standard InChI is InChI=1S/C23H19N5O3S/c29-22(26-24-14-18-10-4-6-12-20(18)28(30)31)16-32-23-25-19-11-5-7-13-21(19)27(23)15-17-8-2-1-3-9-17/h1-14H,15-16H2,(H,26,29)/b24-14-. The largest absolute Gasteiger partial charge is 0.314 e. The molecule has 4 aromatic rings. The molecule has 1 amide bonds. The molecular weight excluding hydrogens is 426 g/mol. The zero-order chi connectivity index (χ0) is 22.3. The normalized spacial score (nSPS) is 11.1. The Morgan fingerprint density at radius 3 is 2.59 bits per heavy atom. The molecule has 9 heteroatoms. The van der Waals surface area contributed by atoms with Gasteiger partial charge in [-0.3, -0.25) is 14.9 Å². The van der Waals surface area contributed by atoms with E-state index in [0.717, 1.165) is 21.8 Å². The van der Waals surface area contributed by atoms with Crippen LogP contribution in [0.5, 0.6) is 0 Å². The number of hydrazone groups is 1. The number of thioether (sulfide) groups is 1. The highest BCUT2D eigenvalue weighted by molar-refractivity contribution is 7.99. The van der Waals surface area contributed by atoms with Crippen LogP contribution in [-0.4, -0.2) is 32.3 Å². The molecule has 0 aliphatic carbocycles. The van der Waals surface area contributed by atoms with Crippen LogP contribution in [0.15, 0.2) is 89.1 Å². The second-order valence-electron chi connectivity index (χ2n) is 6.85. The van der Waals surface area contributed by atoms with Gasteiger partial charge in [-0.15, -0.1) is 0 Å². The number of nitrogens with zero attached hydrogens (tertiary/aromatic N) is 4. The Hall–Kier alpha value is -3.98. The maximum atomic E-state index is 12.3. The highest BCUT2D eigenvalue weighted by Crippen LogP contribution is 2.25. The van der Waals surface area contributed by atoms with E-state index in [4.69, 9.17) is 0 Å². The highest BCUT2D eigenvalue weighted by Gasteiger charge is 2.14. The summed E-state index contributed by atoms with van der Waals surface area (Å²) in [7, 11) is 0. The first-order valence-electron chi connectivity index (χ1n) is 9.79. The van der Waals surface area contributed by atoms with Gasteiger partial charge in [0, 0.05) is 6.07 Å². The van der Waals surface area contributed by atoms with Crippen LogP contribution >= 0.6 is 11.8 Å². The van der Waals surface area contributed by atoms with E-state index in [1.807, 2.05) is 54.6 Å². The zero-order valence-electron chi connectivity index (χ0n) is 16.9. The van der Waals surface area contributed by atoms with Crippen molar-refractivity contribution in [3.05, 3.63) is 100 Å². The van der Waals surface area contributed by atoms with Crippen molar-refractivity contribution >= 4 is 40.6 Å². The molecule has 3 aromatic carbocycles. The zero-order valence-corrected chi connectivity index (χ0v) is 17.7. The van der Waals surface area contributed by atoms with Crippen LogP contribution in [0.2, 0.25) is 0 Å². The Balaban J connectivity index is 1.44. The van der Waals surface area contributed by atoms with Crippen LogP contribution in [0.3, 0.4) is 0 Å². The molecule has 0 aliphatic heterocycles. The number of nitro groups is 1. The molecule has 0 saturated carbocycles. The fourth-order valence-corrected chi connectivity index (χ4v) is 3.99. The summed E-state index contributed by atoms with van der Waals surface area (Å²) in [5, 5.41) is 15.6. The number of rotatable bonds is 8. The lowest BCUT2D eigenvalue weighted by Gasteiger charge is -2.09. The number of fused-ring (bicyclic) bond motifs is 1. The molecule has 0 spiro atoms. The third-order valence-corrected chi connectivity index (χ3v) is 5.64. The quantitative estimate of drug-likeness (QED) is 0.189. The molecular formula is C23H19N5O3S. The van der Waals surface area contributed by atoms with Crippen molar-refractivity contribution in [2.24, 2.45) is 5.10 Å². The van der Waals surface area contributed by atoms with E-state index < -0.39 is 4.92 Å². The Bertz CT molecular complexity index is 1290. The molecule has 0 saturated heterocycles. The molecule has 0 fully saturated rings. The molecule has 32 heavy (non-hydrogen) atoms. The predicted octanol–water partition coefficient (Wildman–Crippen LogP) is 4.24. The number of amides is 1. The number of hydrogen-bond donors (Lipinski definition) is 1. The van der Waals surface area contributed by atoms with Crippen LogP contribution < -0.4 is 5.43 Å². The van der Waals surface area contributed by atoms with Crippen molar-refractivity contribution in [1.82, 2.24) is 15.0 Å². The number of aromatic nitrogens is 2. The van der Waals surface area contributed by atoms with Crippen LogP contribution in [0, 0.1) is 10.1 Å². The van der Waals surface area contributed by atoms with Crippen LogP contribution in [0.25, 0.3) is 11.0 Å². The van der Waals surface area contributed by atoms with Crippen molar-refractivity contribution in [2.75, 3.05) is 5.75 Å². The molecule has 0 unspecified atom stereocenters. The van der Waals surface area contributed by atoms with Crippen molar-refractivity contribution in [3.63, 3.8) is 0 Å². The number of para-hydroxylation sites is 3. The maximum Gasteiger partial charge on any atom is 0.278 e. The molecule has 0 radical (unpaired) electrons. The Labute approximate surface area is 188 Å². The minimum absolute atomic E-state index is 0.0745. The first-order valence-corrected chi connectivity index (χ1v) is 10.8. The molecule has 8 nitrogen and oxygen atoms in total. The van der Waals surface area contributed by atoms with E-state index in [0.29, 0.717) is 12.1 Å². The second kappa shape index (κ2) is 9.88. The molecule has 0 aliphatic rings. The van der Waals surface area contributed by atoms with Gasteiger partial charge in [-0.05, 0) is 23.8 Å². The Kier molecular flexibility index (Phi) is 6.57. The summed E-state index contributed by atoms with van der Waals surface area (Å²) >= 11 is 1.31. The van der Waals surface area contributed by atoms with E-state index in [9.17, 15) is 14.9 Å². The van der Waals surface area contributed by atoms with E-state index in [2.05, 4.69) is 20.1 Å². The van der Waals surface area contributed by atoms with Crippen LogP contribution in [-0.2, 0) is 11.3 Å². The van der Waals surface area contributed by atoms with Gasteiger partial charge in [-0.2, -0.15) is 5.10 Å². The van der Waals surface area contributed by atoms with Gasteiger partial charge in [0.1, 0.15) is 0 Å². The van der Waals surface area contributed by atoms with Crippen LogP contribution in [0.1, 0.15) is 11.1 Å². The van der Waals surface area contributed by atoms with Gasteiger partial charge in [0.2, 0.25) is 0 Å². The van der Waals surface area contributed by atoms with Crippen molar-refractivity contribution < 1.29 is 9.72 Å². The van der Waals surface area contributed by atoms with Gasteiger partial charge in [0.25, 0.3) is 11.6 Å². The summed E-state index contributed by atoms with van der Waals surface area (Å²) in [4.78, 5) is 27.5. The average Bonchev–Trinajstić information content (AvgIpc) is 3.16. The lowest BCUT2D eigenvalue weighted by molar-refractivity contribution is -0.385. The minimum Gasteiger partial charge on any atom is -0.314 e. The van der Waals surface area contributed by atoms with E-state index in [1.54, 1.807) is 18.2 Å². The summed E-state index contributed by atoms with van der Waals surface area (Å²) in [5.74, 6) is -0.227. The summed E-state index contributed by atoms with van der Waals surface area (Å²) in [6, 6.07) is 24.1. The minimum atomic E-state index is -0.490. The fourth-order valence-electron chi connectivity index (χ4n) is 3.18. The molecule has 4 rings (SSSR count). The Morgan fingerprint density at radius 1 is 1.06 bits per heavy atom. The monoisotopic (exact) mass is 445 g/mol. The topological polar surface area (TPSA) is 102 Å². The average molecular weight is 446 g/mol. The van der Waals surface area contributed by atoms with Gasteiger partial charge in [-0.1, -0.05) is 66.4 Å². The lowest BCUT2D eigenvalue weighted by Crippen LogP contribution is -2.20. The van der Waals surface area contributed by atoms with Gasteiger partial charge in [0.15, 0.2) is 5.16 Å². The summed E-state index contributed by atoms with van der Waals surface area (Å²) in [6.45, 7) is 0.640. The third-order valence-electron chi connectivity index (χ3n) is 4.66. The van der Waals surface area contributed by atoms with Gasteiger partial charge in [-0.25, -0.2) is 10.4 Å². The first-order chi connectivity index (χ1) is 15.6. The van der Waals surface area contributed by atoms with Gasteiger partial charge < -0.3 is 4.57 Å². The Morgan fingerprint density at radius 2 is 1.78 bits per heavy atom.